The van der Waals surface area contributed by atoms with Gasteiger partial charge >= 0.3 is 0 Å². The van der Waals surface area contributed by atoms with E-state index in [1.54, 1.807) is 7.11 Å². The van der Waals surface area contributed by atoms with E-state index >= 15 is 0 Å². The number of rotatable bonds is 8. The lowest BCUT2D eigenvalue weighted by atomic mass is 9.95. The van der Waals surface area contributed by atoms with Crippen molar-refractivity contribution in [3.8, 4) is 22.8 Å². The third kappa shape index (κ3) is 3.92. The molecule has 0 saturated carbocycles. The van der Waals surface area contributed by atoms with Crippen LogP contribution in [0.1, 0.15) is 46.6 Å². The molecular formula is C28H27N3O3. The number of hydrogen-bond donors (Lipinski definition) is 1. The Morgan fingerprint density at radius 1 is 0.971 bits per heavy atom. The van der Waals surface area contributed by atoms with Gasteiger partial charge in [0, 0.05) is 17.7 Å². The van der Waals surface area contributed by atoms with Gasteiger partial charge in [0.2, 0.25) is 0 Å². The zero-order valence-corrected chi connectivity index (χ0v) is 19.3. The first-order valence-electron chi connectivity index (χ1n) is 11.5. The summed E-state index contributed by atoms with van der Waals surface area (Å²) in [5.74, 6) is 1.27. The number of benzene rings is 3. The minimum Gasteiger partial charge on any atom is -0.493 e. The molecule has 1 amide bonds. The van der Waals surface area contributed by atoms with Gasteiger partial charge in [0.1, 0.15) is 12.3 Å². The molecule has 0 fully saturated rings. The van der Waals surface area contributed by atoms with Crippen LogP contribution in [0.5, 0.6) is 11.5 Å². The molecule has 1 unspecified atom stereocenters. The van der Waals surface area contributed by atoms with Crippen LogP contribution in [0.4, 0.5) is 0 Å². The number of amides is 1. The van der Waals surface area contributed by atoms with Crippen LogP contribution in [0.2, 0.25) is 0 Å². The predicted molar refractivity (Wildman–Crippen MR) is 131 cm³/mol. The van der Waals surface area contributed by atoms with E-state index < -0.39 is 0 Å². The minimum atomic E-state index is -0.256. The number of ether oxygens (including phenoxy) is 2. The first-order chi connectivity index (χ1) is 16.7. The molecule has 0 aliphatic carbocycles. The molecule has 5 rings (SSSR count). The summed E-state index contributed by atoms with van der Waals surface area (Å²) in [5.41, 5.74) is 5.29. The Morgan fingerprint density at radius 3 is 2.41 bits per heavy atom. The molecule has 1 aliphatic rings. The van der Waals surface area contributed by atoms with Crippen LogP contribution in [0.25, 0.3) is 11.3 Å². The van der Waals surface area contributed by atoms with Crippen molar-refractivity contribution in [2.45, 2.75) is 26.0 Å². The number of fused-ring (bicyclic) bond motifs is 1. The molecule has 0 bridgehead atoms. The van der Waals surface area contributed by atoms with Gasteiger partial charge in [-0.1, -0.05) is 73.7 Å². The molecule has 172 valence electrons. The van der Waals surface area contributed by atoms with Crippen molar-refractivity contribution in [1.29, 1.82) is 0 Å². The molecule has 3 aromatic carbocycles. The molecule has 2 heterocycles. The lowest BCUT2D eigenvalue weighted by Crippen LogP contribution is -2.30. The number of aromatic nitrogens is 2. The molecule has 0 spiro atoms. The second-order valence-electron chi connectivity index (χ2n) is 8.31. The van der Waals surface area contributed by atoms with Crippen molar-refractivity contribution in [2.75, 3.05) is 13.7 Å². The van der Waals surface area contributed by atoms with Crippen molar-refractivity contribution < 1.29 is 14.3 Å². The quantitative estimate of drug-likeness (QED) is 0.376. The number of H-pyrrole nitrogens is 1. The van der Waals surface area contributed by atoms with Crippen LogP contribution in [0.15, 0.2) is 78.9 Å². The van der Waals surface area contributed by atoms with E-state index in [-0.39, 0.29) is 11.9 Å². The third-order valence-corrected chi connectivity index (χ3v) is 6.12. The van der Waals surface area contributed by atoms with Gasteiger partial charge in [0.15, 0.2) is 11.5 Å². The Balaban J connectivity index is 1.53. The van der Waals surface area contributed by atoms with E-state index in [2.05, 4.69) is 17.1 Å². The fourth-order valence-corrected chi connectivity index (χ4v) is 4.54. The number of methoxy groups -OCH3 is 1. The standard InChI is InChI=1S/C28H27N3O3/c1-3-16-31-27(24-25(20-12-8-5-9-13-20)29-30-26(24)28(31)32)21-14-15-22(23(17-21)33-2)34-18-19-10-6-4-7-11-19/h4-15,17,27H,3,16,18H2,1-2H3,(H,29,30). The Hall–Kier alpha value is -4.06. The van der Waals surface area contributed by atoms with Crippen LogP contribution in [-0.4, -0.2) is 34.7 Å². The van der Waals surface area contributed by atoms with Gasteiger partial charge in [-0.3, -0.25) is 9.89 Å². The highest BCUT2D eigenvalue weighted by Gasteiger charge is 2.42. The summed E-state index contributed by atoms with van der Waals surface area (Å²) in [4.78, 5) is 15.2. The average molecular weight is 454 g/mol. The van der Waals surface area contributed by atoms with Gasteiger partial charge in [0.25, 0.3) is 5.91 Å². The summed E-state index contributed by atoms with van der Waals surface area (Å²) in [6, 6.07) is 25.6. The fraction of sp³-hybridized carbons (Fsp3) is 0.214. The lowest BCUT2D eigenvalue weighted by molar-refractivity contribution is 0.0743. The molecule has 1 aromatic heterocycles. The summed E-state index contributed by atoms with van der Waals surface area (Å²) in [7, 11) is 1.64. The maximum absolute atomic E-state index is 13.3. The number of carbonyl (C=O) groups excluding carboxylic acids is 1. The molecule has 0 saturated heterocycles. The van der Waals surface area contributed by atoms with Crippen LogP contribution in [0.3, 0.4) is 0 Å². The van der Waals surface area contributed by atoms with Crippen molar-refractivity contribution in [1.82, 2.24) is 15.1 Å². The Morgan fingerprint density at radius 2 is 1.71 bits per heavy atom. The van der Waals surface area contributed by atoms with Gasteiger partial charge in [-0.15, -0.1) is 0 Å². The van der Waals surface area contributed by atoms with Crippen LogP contribution in [0, 0.1) is 0 Å². The average Bonchev–Trinajstić information content (AvgIpc) is 3.43. The lowest BCUT2D eigenvalue weighted by Gasteiger charge is -2.26. The maximum atomic E-state index is 13.3. The van der Waals surface area contributed by atoms with E-state index in [9.17, 15) is 4.79 Å². The van der Waals surface area contributed by atoms with Gasteiger partial charge in [-0.2, -0.15) is 5.10 Å². The summed E-state index contributed by atoms with van der Waals surface area (Å²) in [6.07, 6.45) is 0.857. The van der Waals surface area contributed by atoms with Gasteiger partial charge in [-0.25, -0.2) is 0 Å². The zero-order valence-electron chi connectivity index (χ0n) is 19.3. The Labute approximate surface area is 199 Å². The first kappa shape index (κ1) is 21.8. The van der Waals surface area contributed by atoms with E-state index in [0.717, 1.165) is 34.4 Å². The third-order valence-electron chi connectivity index (χ3n) is 6.12. The number of carbonyl (C=O) groups is 1. The largest absolute Gasteiger partial charge is 0.493 e. The summed E-state index contributed by atoms with van der Waals surface area (Å²) >= 11 is 0. The zero-order chi connectivity index (χ0) is 23.5. The first-order valence-corrected chi connectivity index (χ1v) is 11.5. The second kappa shape index (κ2) is 9.43. The molecule has 34 heavy (non-hydrogen) atoms. The van der Waals surface area contributed by atoms with Gasteiger partial charge < -0.3 is 14.4 Å². The summed E-state index contributed by atoms with van der Waals surface area (Å²) in [5, 5.41) is 7.53. The van der Waals surface area contributed by atoms with Crippen molar-refractivity contribution >= 4 is 5.91 Å². The highest BCUT2D eigenvalue weighted by atomic mass is 16.5. The Bertz CT molecular complexity index is 1290. The van der Waals surface area contributed by atoms with Gasteiger partial charge in [-0.05, 0) is 29.7 Å². The minimum absolute atomic E-state index is 0.0279. The van der Waals surface area contributed by atoms with E-state index in [4.69, 9.17) is 9.47 Å². The topological polar surface area (TPSA) is 67.5 Å². The summed E-state index contributed by atoms with van der Waals surface area (Å²) in [6.45, 7) is 3.17. The molecule has 1 atom stereocenters. The Kier molecular flexibility index (Phi) is 6.04. The van der Waals surface area contributed by atoms with Crippen LogP contribution < -0.4 is 9.47 Å². The number of hydrogen-bond acceptors (Lipinski definition) is 4. The smallest absolute Gasteiger partial charge is 0.273 e. The van der Waals surface area contributed by atoms with Crippen molar-refractivity contribution in [3.63, 3.8) is 0 Å². The molecular weight excluding hydrogens is 426 g/mol. The fourth-order valence-electron chi connectivity index (χ4n) is 4.54. The molecule has 1 aliphatic heterocycles. The van der Waals surface area contributed by atoms with E-state index in [1.165, 1.54) is 0 Å². The SMILES string of the molecule is CCCN1C(=O)c2[nH]nc(-c3ccccc3)c2C1c1ccc(OCc2ccccc2)c(OC)c1. The molecule has 1 N–H and O–H groups in total. The van der Waals surface area contributed by atoms with Crippen LogP contribution >= 0.6 is 0 Å². The molecule has 6 heteroatoms. The molecule has 6 nitrogen and oxygen atoms in total. The van der Waals surface area contributed by atoms with Crippen LogP contribution in [-0.2, 0) is 6.61 Å². The maximum Gasteiger partial charge on any atom is 0.273 e. The number of nitrogens with zero attached hydrogens (tertiary/aromatic N) is 2. The molecule has 4 aromatic rings. The van der Waals surface area contributed by atoms with Gasteiger partial charge in [0.05, 0.1) is 18.8 Å². The highest BCUT2D eigenvalue weighted by Crippen LogP contribution is 2.44. The predicted octanol–water partition coefficient (Wildman–Crippen LogP) is 5.62. The summed E-state index contributed by atoms with van der Waals surface area (Å²) < 4.78 is 11.7. The number of nitrogens with one attached hydrogen (secondary N) is 1. The van der Waals surface area contributed by atoms with E-state index in [0.29, 0.717) is 30.3 Å². The second-order valence-corrected chi connectivity index (χ2v) is 8.31. The molecule has 0 radical (unpaired) electrons. The van der Waals surface area contributed by atoms with Crippen molar-refractivity contribution in [2.24, 2.45) is 0 Å². The normalized spacial score (nSPS) is 14.8. The van der Waals surface area contributed by atoms with Crippen molar-refractivity contribution in [3.05, 3.63) is 101 Å². The number of aromatic amines is 1. The van der Waals surface area contributed by atoms with E-state index in [1.807, 2.05) is 83.8 Å². The monoisotopic (exact) mass is 453 g/mol. The highest BCUT2D eigenvalue weighted by molar-refractivity contribution is 6.00.